The molecule has 102 valence electrons. The molecule has 2 aromatic rings. The maximum atomic E-state index is 13.2. The van der Waals surface area contributed by atoms with Gasteiger partial charge >= 0.3 is 5.97 Å². The molecule has 0 spiro atoms. The number of aryl methyl sites for hydroxylation is 1. The van der Waals surface area contributed by atoms with Crippen LogP contribution in [0.2, 0.25) is 0 Å². The summed E-state index contributed by atoms with van der Waals surface area (Å²) in [5.74, 6) is -2.91. The molecule has 2 rings (SSSR count). The summed E-state index contributed by atoms with van der Waals surface area (Å²) < 4.78 is 26.8. The number of hydrogen-bond acceptors (Lipinski definition) is 3. The molecule has 1 N–H and O–H groups in total. The number of halogens is 2. The molecule has 0 aliphatic rings. The zero-order valence-electron chi connectivity index (χ0n) is 10.6. The smallest absolute Gasteiger partial charge is 0.319 e. The van der Waals surface area contributed by atoms with Crippen molar-refractivity contribution in [3.8, 4) is 0 Å². The summed E-state index contributed by atoms with van der Waals surface area (Å²) in [5.41, 5.74) is 0.715. The predicted molar refractivity (Wildman–Crippen MR) is 68.2 cm³/mol. The van der Waals surface area contributed by atoms with E-state index in [1.807, 2.05) is 0 Å². The van der Waals surface area contributed by atoms with Gasteiger partial charge in [-0.15, -0.1) is 0 Å². The summed E-state index contributed by atoms with van der Waals surface area (Å²) in [6.45, 7) is 3.08. The van der Waals surface area contributed by atoms with Crippen molar-refractivity contribution in [2.75, 3.05) is 0 Å². The van der Waals surface area contributed by atoms with E-state index in [1.54, 1.807) is 25.5 Å². The van der Waals surface area contributed by atoms with Gasteiger partial charge < -0.3 is 9.67 Å². The second-order valence-corrected chi connectivity index (χ2v) is 6.22. The maximum absolute atomic E-state index is 13.2. The van der Waals surface area contributed by atoms with E-state index in [-0.39, 0.29) is 0 Å². The van der Waals surface area contributed by atoms with Crippen LogP contribution >= 0.6 is 11.8 Å². The van der Waals surface area contributed by atoms with E-state index in [9.17, 15) is 13.6 Å². The Bertz CT molecular complexity index is 667. The van der Waals surface area contributed by atoms with Crippen LogP contribution in [0.5, 0.6) is 0 Å². The molecular weight excluding hydrogens is 274 g/mol. The molecule has 4 nitrogen and oxygen atoms in total. The number of thioether (sulfide) groups is 1. The van der Waals surface area contributed by atoms with Gasteiger partial charge in [-0.3, -0.25) is 4.79 Å². The van der Waals surface area contributed by atoms with Gasteiger partial charge in [-0.1, -0.05) is 11.8 Å². The maximum Gasteiger partial charge on any atom is 0.319 e. The Balaban J connectivity index is 2.51. The summed E-state index contributed by atoms with van der Waals surface area (Å²) >= 11 is 1.03. The number of carbonyl (C=O) groups is 1. The standard InChI is InChI=1S/C12H12F2N2O2S/c1-12(2,10(17)18)19-11-15-8-4-6(13)7(14)5-9(8)16(11)3/h4-5H,1-3H3,(H,17,18). The number of carboxylic acids is 1. The van der Waals surface area contributed by atoms with Crippen molar-refractivity contribution >= 4 is 28.8 Å². The average Bonchev–Trinajstić information content (AvgIpc) is 2.57. The van der Waals surface area contributed by atoms with Gasteiger partial charge in [-0.25, -0.2) is 13.8 Å². The van der Waals surface area contributed by atoms with Crippen molar-refractivity contribution in [3.05, 3.63) is 23.8 Å². The molecule has 0 fully saturated rings. The lowest BCUT2D eigenvalue weighted by atomic mass is 10.2. The molecule has 0 aliphatic carbocycles. The molecular formula is C12H12F2N2O2S. The highest BCUT2D eigenvalue weighted by molar-refractivity contribution is 8.01. The van der Waals surface area contributed by atoms with Gasteiger partial charge in [-0.05, 0) is 13.8 Å². The third-order valence-corrected chi connectivity index (χ3v) is 3.98. The van der Waals surface area contributed by atoms with Crippen molar-refractivity contribution < 1.29 is 18.7 Å². The van der Waals surface area contributed by atoms with E-state index in [0.29, 0.717) is 16.2 Å². The number of fused-ring (bicyclic) bond motifs is 1. The van der Waals surface area contributed by atoms with E-state index in [4.69, 9.17) is 5.11 Å². The van der Waals surface area contributed by atoms with Crippen LogP contribution in [0.3, 0.4) is 0 Å². The van der Waals surface area contributed by atoms with E-state index >= 15 is 0 Å². The summed E-state index contributed by atoms with van der Waals surface area (Å²) in [6, 6.07) is 2.05. The molecule has 7 heteroatoms. The zero-order valence-corrected chi connectivity index (χ0v) is 11.4. The molecule has 0 saturated heterocycles. The minimum absolute atomic E-state index is 0.296. The molecule has 0 radical (unpaired) electrons. The lowest BCUT2D eigenvalue weighted by molar-refractivity contribution is -0.138. The Hall–Kier alpha value is -1.63. The Kier molecular flexibility index (Phi) is 3.25. The van der Waals surface area contributed by atoms with E-state index < -0.39 is 22.4 Å². The van der Waals surface area contributed by atoms with Gasteiger partial charge in [-0.2, -0.15) is 0 Å². The largest absolute Gasteiger partial charge is 0.480 e. The fourth-order valence-corrected chi connectivity index (χ4v) is 2.45. The number of carboxylic acid groups (broad SMARTS) is 1. The fourth-order valence-electron chi connectivity index (χ4n) is 1.53. The number of hydrogen-bond donors (Lipinski definition) is 1. The Morgan fingerprint density at radius 1 is 1.37 bits per heavy atom. The molecule has 1 aromatic carbocycles. The molecule has 0 unspecified atom stereocenters. The first-order valence-electron chi connectivity index (χ1n) is 5.46. The third kappa shape index (κ3) is 2.42. The quantitative estimate of drug-likeness (QED) is 0.882. The van der Waals surface area contributed by atoms with Gasteiger partial charge in [0.25, 0.3) is 0 Å². The molecule has 0 bridgehead atoms. The highest BCUT2D eigenvalue weighted by Gasteiger charge is 2.30. The van der Waals surface area contributed by atoms with Crippen LogP contribution in [0.1, 0.15) is 13.8 Å². The summed E-state index contributed by atoms with van der Waals surface area (Å²) in [4.78, 5) is 15.2. The second kappa shape index (κ2) is 4.48. The van der Waals surface area contributed by atoms with Crippen molar-refractivity contribution in [2.45, 2.75) is 23.8 Å². The fraction of sp³-hybridized carbons (Fsp3) is 0.333. The van der Waals surface area contributed by atoms with Crippen molar-refractivity contribution in [1.82, 2.24) is 9.55 Å². The molecule has 1 heterocycles. The number of aliphatic carboxylic acids is 1. The Morgan fingerprint density at radius 3 is 2.53 bits per heavy atom. The molecule has 0 atom stereocenters. The van der Waals surface area contributed by atoms with Gasteiger partial charge in [0, 0.05) is 19.2 Å². The topological polar surface area (TPSA) is 55.1 Å². The zero-order chi connectivity index (χ0) is 14.4. The number of benzene rings is 1. The lowest BCUT2D eigenvalue weighted by Crippen LogP contribution is -2.27. The van der Waals surface area contributed by atoms with Crippen LogP contribution in [0.25, 0.3) is 11.0 Å². The van der Waals surface area contributed by atoms with E-state index in [1.165, 1.54) is 0 Å². The first kappa shape index (κ1) is 13.8. The average molecular weight is 286 g/mol. The van der Waals surface area contributed by atoms with Crippen LogP contribution in [-0.4, -0.2) is 25.4 Å². The molecule has 0 amide bonds. The van der Waals surface area contributed by atoms with Crippen LogP contribution in [-0.2, 0) is 11.8 Å². The lowest BCUT2D eigenvalue weighted by Gasteiger charge is -2.17. The Labute approximate surface area is 112 Å². The molecule has 0 saturated carbocycles. The number of rotatable bonds is 3. The highest BCUT2D eigenvalue weighted by Crippen LogP contribution is 2.33. The highest BCUT2D eigenvalue weighted by atomic mass is 32.2. The minimum Gasteiger partial charge on any atom is -0.480 e. The SMILES string of the molecule is Cn1c(SC(C)(C)C(=O)O)nc2cc(F)c(F)cc21. The minimum atomic E-state index is -1.08. The van der Waals surface area contributed by atoms with Crippen LogP contribution in [0.4, 0.5) is 8.78 Å². The molecule has 0 aliphatic heterocycles. The van der Waals surface area contributed by atoms with Gasteiger partial charge in [0.2, 0.25) is 0 Å². The van der Waals surface area contributed by atoms with Crippen molar-refractivity contribution in [1.29, 1.82) is 0 Å². The number of nitrogens with zero attached hydrogens (tertiary/aromatic N) is 2. The number of aromatic nitrogens is 2. The van der Waals surface area contributed by atoms with Gasteiger partial charge in [0.1, 0.15) is 4.75 Å². The molecule has 1 aromatic heterocycles. The summed E-state index contributed by atoms with van der Waals surface area (Å²) in [7, 11) is 1.63. The summed E-state index contributed by atoms with van der Waals surface area (Å²) in [5, 5.41) is 9.47. The monoisotopic (exact) mass is 286 g/mol. The van der Waals surface area contributed by atoms with Gasteiger partial charge in [0.05, 0.1) is 11.0 Å². The van der Waals surface area contributed by atoms with E-state index in [0.717, 1.165) is 23.9 Å². The first-order chi connectivity index (χ1) is 8.72. The van der Waals surface area contributed by atoms with Crippen LogP contribution in [0.15, 0.2) is 17.3 Å². The normalized spacial score (nSPS) is 12.1. The second-order valence-electron chi connectivity index (χ2n) is 4.63. The van der Waals surface area contributed by atoms with Gasteiger partial charge in [0.15, 0.2) is 16.8 Å². The first-order valence-corrected chi connectivity index (χ1v) is 6.28. The predicted octanol–water partition coefficient (Wildman–Crippen LogP) is 2.81. The van der Waals surface area contributed by atoms with Crippen LogP contribution < -0.4 is 0 Å². The molecule has 19 heavy (non-hydrogen) atoms. The summed E-state index contributed by atoms with van der Waals surface area (Å²) in [6.07, 6.45) is 0. The number of imidazole rings is 1. The van der Waals surface area contributed by atoms with Crippen molar-refractivity contribution in [2.24, 2.45) is 7.05 Å². The van der Waals surface area contributed by atoms with Crippen LogP contribution in [0, 0.1) is 11.6 Å². The third-order valence-electron chi connectivity index (χ3n) is 2.74. The van der Waals surface area contributed by atoms with E-state index in [2.05, 4.69) is 4.98 Å². The van der Waals surface area contributed by atoms with Crippen molar-refractivity contribution in [3.63, 3.8) is 0 Å². The Morgan fingerprint density at radius 2 is 1.95 bits per heavy atom.